The summed E-state index contributed by atoms with van der Waals surface area (Å²) < 4.78 is 4.94. The SMILES string of the molecule is S=P(c1ccccc1)(c1ccccc1)c1cccc2c1c1ccccc1n1c3ccc(P(=[Se])(c4ccccc4)n4c5ccccc5c5ccccc54)cc3nc21. The number of para-hydroxylation sites is 3. The molecule has 1 unspecified atom stereocenters. The molecule has 11 rings (SSSR count). The van der Waals surface area contributed by atoms with Crippen LogP contribution < -0.4 is 26.5 Å². The fraction of sp³-hybridized carbons (Fsp3) is 0. The third-order valence-corrected chi connectivity index (χ3v) is 22.8. The molecule has 1 atom stereocenters. The van der Waals surface area contributed by atoms with Crippen molar-refractivity contribution < 1.29 is 0 Å². The molecule has 0 N–H and O–H groups in total. The Morgan fingerprint density at radius 3 is 1.54 bits per heavy atom. The van der Waals surface area contributed by atoms with E-state index in [9.17, 15) is 0 Å². The molecule has 0 spiro atoms. The predicted molar refractivity (Wildman–Crippen MR) is 247 cm³/mol. The standard InChI is InChI=1S/C49H33N3P2SSe/c55-53(34-17-4-1-5-18-34,35-19-6-2-7-20-35)47-30-16-26-41-48(47)40-25-12-13-27-43(40)51-46-32-31-37(33-42(46)50-49(41)51)54(56,36-21-8-3-9-22-36)52-44-28-14-10-23-38(44)39-24-11-15-29-45(39)52/h1-33H. The molecule has 0 fully saturated rings. The van der Waals surface area contributed by atoms with Gasteiger partial charge in [-0.05, 0) is 0 Å². The molecule has 8 aromatic carbocycles. The van der Waals surface area contributed by atoms with Gasteiger partial charge in [0.2, 0.25) is 0 Å². The fourth-order valence-corrected chi connectivity index (χ4v) is 18.3. The number of rotatable bonds is 6. The summed E-state index contributed by atoms with van der Waals surface area (Å²) in [4.78, 5) is 5.57. The Balaban J connectivity index is 1.23. The van der Waals surface area contributed by atoms with E-state index in [1.165, 1.54) is 59.1 Å². The molecule has 7 heteroatoms. The quantitative estimate of drug-likeness (QED) is 0.0946. The van der Waals surface area contributed by atoms with Crippen LogP contribution >= 0.6 is 11.7 Å². The van der Waals surface area contributed by atoms with E-state index in [4.69, 9.17) is 16.8 Å². The summed E-state index contributed by atoms with van der Waals surface area (Å²) in [6.07, 6.45) is 0. The maximum atomic E-state index is 6.97. The summed E-state index contributed by atoms with van der Waals surface area (Å²) in [7, 11) is 0. The van der Waals surface area contributed by atoms with Crippen LogP contribution in [0.5, 0.6) is 0 Å². The van der Waals surface area contributed by atoms with Gasteiger partial charge in [-0.15, -0.1) is 0 Å². The number of aromatic nitrogens is 3. The number of imidazole rings is 1. The van der Waals surface area contributed by atoms with Crippen molar-refractivity contribution in [2.75, 3.05) is 0 Å². The van der Waals surface area contributed by atoms with Gasteiger partial charge in [-0.1, -0.05) is 36.4 Å². The zero-order valence-corrected chi connectivity index (χ0v) is 34.4. The van der Waals surface area contributed by atoms with Gasteiger partial charge in [0.05, 0.1) is 0 Å². The van der Waals surface area contributed by atoms with E-state index in [2.05, 4.69) is 224 Å². The Bertz CT molecular complexity index is 3330. The molecule has 0 aliphatic carbocycles. The van der Waals surface area contributed by atoms with Crippen molar-refractivity contribution in [3.63, 3.8) is 0 Å². The number of nitrogens with zero attached hydrogens (tertiary/aromatic N) is 3. The summed E-state index contributed by atoms with van der Waals surface area (Å²) in [6.45, 7) is 0. The summed E-state index contributed by atoms with van der Waals surface area (Å²) >= 11 is 10.8. The molecular formula is C49H33N3P2SSe. The van der Waals surface area contributed by atoms with Crippen molar-refractivity contribution in [2.45, 2.75) is 0 Å². The van der Waals surface area contributed by atoms with Crippen LogP contribution in [0, 0.1) is 0 Å². The van der Waals surface area contributed by atoms with Crippen LogP contribution in [0.1, 0.15) is 0 Å². The van der Waals surface area contributed by atoms with Gasteiger partial charge >= 0.3 is 303 Å². The second kappa shape index (κ2) is 13.1. The number of hydrogen-bond donors (Lipinski definition) is 0. The third-order valence-electron chi connectivity index (χ3n) is 11.2. The van der Waals surface area contributed by atoms with Gasteiger partial charge in [-0.3, -0.25) is 0 Å². The van der Waals surface area contributed by atoms with Gasteiger partial charge in [0.1, 0.15) is 0 Å². The second-order valence-electron chi connectivity index (χ2n) is 14.2. The predicted octanol–water partition coefficient (Wildman–Crippen LogP) is 10.2. The zero-order valence-electron chi connectivity index (χ0n) is 30.1. The van der Waals surface area contributed by atoms with Crippen molar-refractivity contribution in [1.29, 1.82) is 0 Å². The molecule has 0 saturated heterocycles. The summed E-state index contributed by atoms with van der Waals surface area (Å²) in [5.41, 5.74) is 4.17. The first-order chi connectivity index (χ1) is 27.6. The second-order valence-corrected chi connectivity index (χ2v) is 24.5. The van der Waals surface area contributed by atoms with Crippen molar-refractivity contribution in [1.82, 2.24) is 13.7 Å². The summed E-state index contributed by atoms with van der Waals surface area (Å²) in [5.74, 6) is 0. The molecule has 11 aromatic rings. The number of hydrogen-bond acceptors (Lipinski definition) is 2. The van der Waals surface area contributed by atoms with Gasteiger partial charge in [-0.2, -0.15) is 0 Å². The Labute approximate surface area is 337 Å². The Hall–Kier alpha value is -5.37. The van der Waals surface area contributed by atoms with Gasteiger partial charge in [0, 0.05) is 0 Å². The van der Waals surface area contributed by atoms with E-state index in [0.717, 1.165) is 27.6 Å². The maximum absolute atomic E-state index is 6.97. The minimum atomic E-state index is -2.48. The Morgan fingerprint density at radius 1 is 0.429 bits per heavy atom. The van der Waals surface area contributed by atoms with Crippen LogP contribution in [0.4, 0.5) is 0 Å². The molecule has 3 aromatic heterocycles. The van der Waals surface area contributed by atoms with Crippen molar-refractivity contribution in [3.8, 4) is 0 Å². The molecule has 0 radical (unpaired) electrons. The van der Waals surface area contributed by atoms with Crippen molar-refractivity contribution >= 4 is 125 Å². The summed E-state index contributed by atoms with van der Waals surface area (Å²) in [5, 5.41) is 12.0. The first-order valence-corrected chi connectivity index (χ1v) is 25.5. The van der Waals surface area contributed by atoms with Crippen molar-refractivity contribution in [2.24, 2.45) is 0 Å². The average Bonchev–Trinajstić information content (AvgIpc) is 3.83. The fourth-order valence-electron chi connectivity index (χ4n) is 8.75. The van der Waals surface area contributed by atoms with E-state index in [-0.39, 0.29) is 0 Å². The Morgan fingerprint density at radius 2 is 0.929 bits per heavy atom. The van der Waals surface area contributed by atoms with E-state index in [0.29, 0.717) is 0 Å². The zero-order chi connectivity index (χ0) is 37.4. The van der Waals surface area contributed by atoms with E-state index < -0.39 is 11.7 Å². The molecule has 3 heterocycles. The van der Waals surface area contributed by atoms with Gasteiger partial charge in [-0.25, -0.2) is 0 Å². The molecule has 0 aliphatic heterocycles. The van der Waals surface area contributed by atoms with Crippen LogP contribution in [0.2, 0.25) is 0 Å². The third kappa shape index (κ3) is 4.86. The molecule has 56 heavy (non-hydrogen) atoms. The molecule has 0 saturated carbocycles. The molecule has 0 bridgehead atoms. The number of fused-ring (bicyclic) bond motifs is 11. The molecule has 266 valence electrons. The summed E-state index contributed by atoms with van der Waals surface area (Å²) in [6, 6.07) is 69.9. The minimum absolute atomic E-state index is 0.941. The van der Waals surface area contributed by atoms with Gasteiger partial charge < -0.3 is 0 Å². The van der Waals surface area contributed by atoms with Crippen LogP contribution in [0.3, 0.4) is 0 Å². The average molecular weight is 837 g/mol. The van der Waals surface area contributed by atoms with Gasteiger partial charge in [0.15, 0.2) is 0 Å². The normalized spacial score (nSPS) is 13.3. The first-order valence-electron chi connectivity index (χ1n) is 18.7. The number of benzene rings is 8. The van der Waals surface area contributed by atoms with Crippen LogP contribution in [-0.2, 0) is 11.8 Å². The van der Waals surface area contributed by atoms with Gasteiger partial charge in [0.25, 0.3) is 0 Å². The van der Waals surface area contributed by atoms with Crippen LogP contribution in [0.15, 0.2) is 200 Å². The number of pyridine rings is 1. The van der Waals surface area contributed by atoms with Crippen LogP contribution in [-0.4, -0.2) is 28.8 Å². The van der Waals surface area contributed by atoms with E-state index in [1.807, 2.05) is 0 Å². The Kier molecular flexibility index (Phi) is 7.94. The topological polar surface area (TPSA) is 22.2 Å². The molecule has 0 amide bonds. The van der Waals surface area contributed by atoms with E-state index in [1.54, 1.807) is 0 Å². The van der Waals surface area contributed by atoms with Crippen molar-refractivity contribution in [3.05, 3.63) is 200 Å². The molecule has 3 nitrogen and oxygen atoms in total. The van der Waals surface area contributed by atoms with E-state index >= 15 is 0 Å². The first kappa shape index (κ1) is 33.9. The molecule has 0 aliphatic rings. The molecular weight excluding hydrogens is 804 g/mol. The van der Waals surface area contributed by atoms with Crippen LogP contribution in [0.25, 0.3) is 60.2 Å². The monoisotopic (exact) mass is 837 g/mol.